The molecule has 0 radical (unpaired) electrons. The van der Waals surface area contributed by atoms with Gasteiger partial charge < -0.3 is 5.32 Å². The number of likely N-dealkylation sites (tertiary alicyclic amines) is 1. The SMILES string of the molecule is CNC(=O)C1CCCCN1Cc1ccc(Br)cc1Cl. The topological polar surface area (TPSA) is 32.3 Å². The van der Waals surface area contributed by atoms with Gasteiger partial charge in [0, 0.05) is 23.1 Å². The molecule has 0 saturated carbocycles. The van der Waals surface area contributed by atoms with Crippen LogP contribution in [0.1, 0.15) is 24.8 Å². The van der Waals surface area contributed by atoms with Gasteiger partial charge in [-0.1, -0.05) is 40.0 Å². The number of hydrogen-bond donors (Lipinski definition) is 1. The van der Waals surface area contributed by atoms with Gasteiger partial charge in [0.15, 0.2) is 0 Å². The Morgan fingerprint density at radius 3 is 3.00 bits per heavy atom. The van der Waals surface area contributed by atoms with E-state index in [1.54, 1.807) is 7.05 Å². The highest BCUT2D eigenvalue weighted by Crippen LogP contribution is 2.25. The molecule has 1 saturated heterocycles. The van der Waals surface area contributed by atoms with Gasteiger partial charge in [0.1, 0.15) is 0 Å². The molecule has 5 heteroatoms. The fourth-order valence-electron chi connectivity index (χ4n) is 2.51. The lowest BCUT2D eigenvalue weighted by molar-refractivity contribution is -0.127. The summed E-state index contributed by atoms with van der Waals surface area (Å²) in [5.74, 6) is 0.105. The minimum Gasteiger partial charge on any atom is -0.358 e. The maximum atomic E-state index is 11.9. The number of carbonyl (C=O) groups excluding carboxylic acids is 1. The maximum absolute atomic E-state index is 11.9. The number of benzene rings is 1. The van der Waals surface area contributed by atoms with Crippen LogP contribution >= 0.6 is 27.5 Å². The summed E-state index contributed by atoms with van der Waals surface area (Å²) in [6.07, 6.45) is 3.18. The van der Waals surface area contributed by atoms with Crippen LogP contribution in [0.25, 0.3) is 0 Å². The van der Waals surface area contributed by atoms with Crippen molar-refractivity contribution in [2.45, 2.75) is 31.8 Å². The molecule has 1 aromatic rings. The number of hydrogen-bond acceptors (Lipinski definition) is 2. The minimum absolute atomic E-state index is 0.0292. The predicted molar refractivity (Wildman–Crippen MR) is 81.3 cm³/mol. The second-order valence-corrected chi connectivity index (χ2v) is 6.15. The molecule has 19 heavy (non-hydrogen) atoms. The standard InChI is InChI=1S/C14H18BrClN2O/c1-17-14(19)13-4-2-3-7-18(13)9-10-5-6-11(15)8-12(10)16/h5-6,8,13H,2-4,7,9H2,1H3,(H,17,19). The number of likely N-dealkylation sites (N-methyl/N-ethyl adjacent to an activating group) is 1. The molecule has 1 amide bonds. The number of nitrogens with zero attached hydrogens (tertiary/aromatic N) is 1. The van der Waals surface area contributed by atoms with E-state index >= 15 is 0 Å². The van der Waals surface area contributed by atoms with Gasteiger partial charge in [-0.2, -0.15) is 0 Å². The molecule has 1 aliphatic heterocycles. The van der Waals surface area contributed by atoms with Crippen LogP contribution in [0.3, 0.4) is 0 Å². The van der Waals surface area contributed by atoms with E-state index in [0.717, 1.165) is 47.4 Å². The van der Waals surface area contributed by atoms with E-state index in [0.29, 0.717) is 0 Å². The molecule has 0 aliphatic carbocycles. The normalized spacial score (nSPS) is 20.3. The van der Waals surface area contributed by atoms with Crippen molar-refractivity contribution in [1.82, 2.24) is 10.2 Å². The summed E-state index contributed by atoms with van der Waals surface area (Å²) in [5.41, 5.74) is 1.07. The quantitative estimate of drug-likeness (QED) is 0.912. The van der Waals surface area contributed by atoms with Crippen molar-refractivity contribution in [3.8, 4) is 0 Å². The summed E-state index contributed by atoms with van der Waals surface area (Å²) in [6.45, 7) is 1.68. The van der Waals surface area contributed by atoms with Crippen LogP contribution < -0.4 is 5.32 Å². The zero-order chi connectivity index (χ0) is 13.8. The van der Waals surface area contributed by atoms with Crippen molar-refractivity contribution >= 4 is 33.4 Å². The monoisotopic (exact) mass is 344 g/mol. The van der Waals surface area contributed by atoms with Crippen LogP contribution in [0.2, 0.25) is 5.02 Å². The van der Waals surface area contributed by atoms with Crippen LogP contribution in [0, 0.1) is 0 Å². The fourth-order valence-corrected chi connectivity index (χ4v) is 3.25. The van der Waals surface area contributed by atoms with E-state index in [1.165, 1.54) is 0 Å². The number of nitrogens with one attached hydrogen (secondary N) is 1. The van der Waals surface area contributed by atoms with E-state index in [4.69, 9.17) is 11.6 Å². The van der Waals surface area contributed by atoms with E-state index in [9.17, 15) is 4.79 Å². The summed E-state index contributed by atoms with van der Waals surface area (Å²) >= 11 is 9.66. The molecule has 0 aromatic heterocycles. The van der Waals surface area contributed by atoms with Crippen molar-refractivity contribution in [1.29, 1.82) is 0 Å². The van der Waals surface area contributed by atoms with Gasteiger partial charge in [-0.3, -0.25) is 9.69 Å². The fraction of sp³-hybridized carbons (Fsp3) is 0.500. The van der Waals surface area contributed by atoms with E-state index in [2.05, 4.69) is 26.1 Å². The zero-order valence-electron chi connectivity index (χ0n) is 11.0. The molecule has 1 aromatic carbocycles. The van der Waals surface area contributed by atoms with Crippen molar-refractivity contribution < 1.29 is 4.79 Å². The van der Waals surface area contributed by atoms with Crippen LogP contribution in [0.5, 0.6) is 0 Å². The third-order valence-corrected chi connectivity index (χ3v) is 4.40. The lowest BCUT2D eigenvalue weighted by Crippen LogP contribution is -2.48. The number of halogens is 2. The van der Waals surface area contributed by atoms with Crippen LogP contribution in [-0.2, 0) is 11.3 Å². The van der Waals surface area contributed by atoms with Gasteiger partial charge in [-0.05, 0) is 37.1 Å². The molecule has 0 spiro atoms. The van der Waals surface area contributed by atoms with E-state index in [1.807, 2.05) is 18.2 Å². The average molecular weight is 346 g/mol. The van der Waals surface area contributed by atoms with Gasteiger partial charge in [0.05, 0.1) is 6.04 Å². The van der Waals surface area contributed by atoms with Gasteiger partial charge in [-0.25, -0.2) is 0 Å². The number of rotatable bonds is 3. The first kappa shape index (κ1) is 14.8. The summed E-state index contributed by atoms with van der Waals surface area (Å²) in [4.78, 5) is 14.1. The summed E-state index contributed by atoms with van der Waals surface area (Å²) in [5, 5.41) is 3.50. The van der Waals surface area contributed by atoms with Gasteiger partial charge in [0.2, 0.25) is 5.91 Å². The lowest BCUT2D eigenvalue weighted by Gasteiger charge is -2.34. The summed E-state index contributed by atoms with van der Waals surface area (Å²) in [6, 6.07) is 5.87. The Kier molecular flexibility index (Phi) is 5.25. The molecule has 0 bridgehead atoms. The third-order valence-electron chi connectivity index (χ3n) is 3.55. The zero-order valence-corrected chi connectivity index (χ0v) is 13.3. The minimum atomic E-state index is -0.0292. The Bertz CT molecular complexity index is 467. The van der Waals surface area contributed by atoms with Crippen LogP contribution in [0.15, 0.2) is 22.7 Å². The van der Waals surface area contributed by atoms with Crippen molar-refractivity contribution in [3.05, 3.63) is 33.3 Å². The lowest BCUT2D eigenvalue weighted by atomic mass is 10.0. The largest absolute Gasteiger partial charge is 0.358 e. The Morgan fingerprint density at radius 1 is 1.53 bits per heavy atom. The Morgan fingerprint density at radius 2 is 2.32 bits per heavy atom. The molecule has 1 aliphatic rings. The maximum Gasteiger partial charge on any atom is 0.237 e. The number of piperidine rings is 1. The molecule has 2 rings (SSSR count). The van der Waals surface area contributed by atoms with Gasteiger partial charge >= 0.3 is 0 Å². The highest BCUT2D eigenvalue weighted by Gasteiger charge is 2.28. The second-order valence-electron chi connectivity index (χ2n) is 4.83. The first-order chi connectivity index (χ1) is 9.11. The third kappa shape index (κ3) is 3.71. The van der Waals surface area contributed by atoms with Crippen LogP contribution in [0.4, 0.5) is 0 Å². The Hall–Kier alpha value is -0.580. The average Bonchev–Trinajstić information content (AvgIpc) is 2.41. The first-order valence-corrected chi connectivity index (χ1v) is 7.68. The molecular formula is C14H18BrClN2O. The first-order valence-electron chi connectivity index (χ1n) is 6.51. The second kappa shape index (κ2) is 6.73. The number of amides is 1. The van der Waals surface area contributed by atoms with Gasteiger partial charge in [0.25, 0.3) is 0 Å². The molecule has 3 nitrogen and oxygen atoms in total. The van der Waals surface area contributed by atoms with Crippen molar-refractivity contribution in [2.75, 3.05) is 13.6 Å². The van der Waals surface area contributed by atoms with Gasteiger partial charge in [-0.15, -0.1) is 0 Å². The summed E-state index contributed by atoms with van der Waals surface area (Å²) < 4.78 is 0.975. The number of carbonyl (C=O) groups is 1. The molecule has 1 heterocycles. The van der Waals surface area contributed by atoms with Crippen LogP contribution in [-0.4, -0.2) is 30.4 Å². The molecule has 1 unspecified atom stereocenters. The summed E-state index contributed by atoms with van der Waals surface area (Å²) in [7, 11) is 1.70. The molecular weight excluding hydrogens is 328 g/mol. The Balaban J connectivity index is 2.13. The van der Waals surface area contributed by atoms with Crippen molar-refractivity contribution in [3.63, 3.8) is 0 Å². The predicted octanol–water partition coefficient (Wildman–Crippen LogP) is 3.20. The van der Waals surface area contributed by atoms with E-state index < -0.39 is 0 Å². The highest BCUT2D eigenvalue weighted by molar-refractivity contribution is 9.10. The smallest absolute Gasteiger partial charge is 0.237 e. The van der Waals surface area contributed by atoms with E-state index in [-0.39, 0.29) is 11.9 Å². The molecule has 1 fully saturated rings. The molecule has 1 N–H and O–H groups in total. The highest BCUT2D eigenvalue weighted by atomic mass is 79.9. The Labute approximate surface area is 127 Å². The van der Waals surface area contributed by atoms with Crippen molar-refractivity contribution in [2.24, 2.45) is 0 Å². The molecule has 104 valence electrons. The molecule has 1 atom stereocenters.